The lowest BCUT2D eigenvalue weighted by Gasteiger charge is -2.24. The lowest BCUT2D eigenvalue weighted by Crippen LogP contribution is -2.45. The molecule has 148 valence electrons. The number of carbonyl (C=O) groups excluding carboxylic acids is 1. The van der Waals surface area contributed by atoms with Crippen LogP contribution in [0.5, 0.6) is 0 Å². The summed E-state index contributed by atoms with van der Waals surface area (Å²) >= 11 is 0. The molecule has 2 aromatic rings. The number of H-pyrrole nitrogens is 1. The van der Waals surface area contributed by atoms with Crippen LogP contribution in [-0.2, 0) is 0 Å². The zero-order chi connectivity index (χ0) is 19.3. The summed E-state index contributed by atoms with van der Waals surface area (Å²) in [5.41, 5.74) is 7.85. The first kappa shape index (κ1) is 18.9. The van der Waals surface area contributed by atoms with Crippen molar-refractivity contribution < 1.29 is 4.79 Å². The van der Waals surface area contributed by atoms with Crippen LogP contribution in [0.4, 0.5) is 0 Å². The van der Waals surface area contributed by atoms with Gasteiger partial charge in [0.15, 0.2) is 0 Å². The van der Waals surface area contributed by atoms with Crippen molar-refractivity contribution in [2.24, 2.45) is 5.92 Å². The predicted molar refractivity (Wildman–Crippen MR) is 110 cm³/mol. The third-order valence-corrected chi connectivity index (χ3v) is 5.87. The van der Waals surface area contributed by atoms with E-state index in [1.165, 1.54) is 32.1 Å². The van der Waals surface area contributed by atoms with E-state index in [9.17, 15) is 9.59 Å². The van der Waals surface area contributed by atoms with E-state index in [-0.39, 0.29) is 23.2 Å². The number of aromatic nitrogens is 1. The van der Waals surface area contributed by atoms with E-state index in [2.05, 4.69) is 21.2 Å². The fourth-order valence-electron chi connectivity index (χ4n) is 4.37. The molecule has 1 saturated heterocycles. The summed E-state index contributed by atoms with van der Waals surface area (Å²) in [4.78, 5) is 27.8. The lowest BCUT2D eigenvalue weighted by molar-refractivity contribution is 0.0930. The minimum atomic E-state index is -0.372. The summed E-state index contributed by atoms with van der Waals surface area (Å²) in [5, 5.41) is 2.93. The fourth-order valence-corrected chi connectivity index (χ4v) is 4.37. The molecule has 0 spiro atoms. The molecule has 2 heterocycles. The minimum Gasteiger partial charge on any atom is -0.335 e. The largest absolute Gasteiger partial charge is 0.335 e. The van der Waals surface area contributed by atoms with Crippen molar-refractivity contribution in [3.8, 4) is 11.3 Å². The van der Waals surface area contributed by atoms with Crippen LogP contribution in [0.25, 0.3) is 11.3 Å². The maximum absolute atomic E-state index is 12.6. The molecule has 1 aromatic heterocycles. The van der Waals surface area contributed by atoms with E-state index in [0.717, 1.165) is 24.3 Å². The summed E-state index contributed by atoms with van der Waals surface area (Å²) in [5.74, 6) is 0.439. The number of pyridine rings is 1. The molecular formula is C22H28N4O2. The molecule has 0 bridgehead atoms. The summed E-state index contributed by atoms with van der Waals surface area (Å²) < 4.78 is 0. The number of rotatable bonds is 5. The Morgan fingerprint density at radius 1 is 1.00 bits per heavy atom. The number of nitrogens with one attached hydrogen (secondary N) is 4. The van der Waals surface area contributed by atoms with Gasteiger partial charge in [0.25, 0.3) is 11.5 Å². The van der Waals surface area contributed by atoms with E-state index in [0.29, 0.717) is 11.7 Å². The third kappa shape index (κ3) is 4.51. The first-order valence-corrected chi connectivity index (χ1v) is 10.3. The maximum atomic E-state index is 12.6. The van der Waals surface area contributed by atoms with Gasteiger partial charge in [-0.2, -0.15) is 0 Å². The molecule has 4 N–H and O–H groups in total. The Labute approximate surface area is 165 Å². The van der Waals surface area contributed by atoms with Crippen molar-refractivity contribution in [1.29, 1.82) is 0 Å². The van der Waals surface area contributed by atoms with E-state index < -0.39 is 0 Å². The molecule has 6 heteroatoms. The molecule has 28 heavy (non-hydrogen) atoms. The Kier molecular flexibility index (Phi) is 5.88. The van der Waals surface area contributed by atoms with Crippen LogP contribution in [0.1, 0.15) is 55.3 Å². The van der Waals surface area contributed by atoms with Gasteiger partial charge in [-0.1, -0.05) is 62.4 Å². The average molecular weight is 380 g/mol. The molecule has 2 aliphatic rings. The highest BCUT2D eigenvalue weighted by Gasteiger charge is 2.28. The molecule has 2 unspecified atom stereocenters. The highest BCUT2D eigenvalue weighted by molar-refractivity contribution is 5.94. The van der Waals surface area contributed by atoms with Gasteiger partial charge in [0.05, 0.1) is 6.17 Å². The van der Waals surface area contributed by atoms with Crippen molar-refractivity contribution >= 4 is 5.91 Å². The standard InChI is InChI=1S/C22H28N4O2/c27-21-18(11-12-19(23-21)16-9-5-2-6-10-16)22(28)24-20-14-17(25-26-20)13-15-7-3-1-4-8-15/h2,5-6,9-12,15,17,20,25-26H,1,3-4,7-8,13-14H2,(H,23,27)(H,24,28). The fraction of sp³-hybridized carbons (Fsp3) is 0.455. The number of hydrogen-bond donors (Lipinski definition) is 4. The second-order valence-electron chi connectivity index (χ2n) is 7.97. The number of hydrazine groups is 1. The van der Waals surface area contributed by atoms with Crippen molar-refractivity contribution in [3.63, 3.8) is 0 Å². The van der Waals surface area contributed by atoms with E-state index in [4.69, 9.17) is 0 Å². The van der Waals surface area contributed by atoms with Gasteiger partial charge in [-0.15, -0.1) is 0 Å². The van der Waals surface area contributed by atoms with Gasteiger partial charge >= 0.3 is 0 Å². The van der Waals surface area contributed by atoms with Gasteiger partial charge in [0, 0.05) is 11.7 Å². The van der Waals surface area contributed by atoms with Crippen LogP contribution < -0.4 is 21.7 Å². The highest BCUT2D eigenvalue weighted by atomic mass is 16.2. The molecule has 1 aliphatic heterocycles. The van der Waals surface area contributed by atoms with Gasteiger partial charge in [0.1, 0.15) is 5.56 Å². The molecule has 1 saturated carbocycles. The molecule has 2 atom stereocenters. The van der Waals surface area contributed by atoms with Crippen LogP contribution in [0.15, 0.2) is 47.3 Å². The van der Waals surface area contributed by atoms with Crippen molar-refractivity contribution in [1.82, 2.24) is 21.2 Å². The quantitative estimate of drug-likeness (QED) is 0.642. The zero-order valence-corrected chi connectivity index (χ0v) is 16.0. The number of carbonyl (C=O) groups is 1. The summed E-state index contributed by atoms with van der Waals surface area (Å²) in [6, 6.07) is 13.3. The molecule has 1 aliphatic carbocycles. The Morgan fingerprint density at radius 3 is 2.54 bits per heavy atom. The Morgan fingerprint density at radius 2 is 1.79 bits per heavy atom. The van der Waals surface area contributed by atoms with Gasteiger partial charge < -0.3 is 10.3 Å². The summed E-state index contributed by atoms with van der Waals surface area (Å²) in [6.07, 6.45) is 8.50. The van der Waals surface area contributed by atoms with Gasteiger partial charge in [-0.3, -0.25) is 15.0 Å². The summed E-state index contributed by atoms with van der Waals surface area (Å²) in [7, 11) is 0. The second-order valence-corrected chi connectivity index (χ2v) is 7.97. The molecular weight excluding hydrogens is 352 g/mol. The van der Waals surface area contributed by atoms with E-state index >= 15 is 0 Å². The van der Waals surface area contributed by atoms with Gasteiger partial charge in [-0.25, -0.2) is 5.43 Å². The Bertz CT molecular complexity index is 858. The maximum Gasteiger partial charge on any atom is 0.261 e. The van der Waals surface area contributed by atoms with E-state index in [1.807, 2.05) is 30.3 Å². The van der Waals surface area contributed by atoms with Gasteiger partial charge in [0.2, 0.25) is 0 Å². The van der Waals surface area contributed by atoms with Crippen LogP contribution >= 0.6 is 0 Å². The Balaban J connectivity index is 1.34. The van der Waals surface area contributed by atoms with Crippen LogP contribution in [-0.4, -0.2) is 23.1 Å². The smallest absolute Gasteiger partial charge is 0.261 e. The molecule has 0 radical (unpaired) electrons. The molecule has 6 nitrogen and oxygen atoms in total. The monoisotopic (exact) mass is 380 g/mol. The number of benzene rings is 1. The number of amides is 1. The van der Waals surface area contributed by atoms with Crippen molar-refractivity contribution in [3.05, 3.63) is 58.4 Å². The van der Waals surface area contributed by atoms with Crippen molar-refractivity contribution in [2.75, 3.05) is 0 Å². The highest BCUT2D eigenvalue weighted by Crippen LogP contribution is 2.28. The molecule has 1 aromatic carbocycles. The SMILES string of the molecule is O=C(NC1CC(CC2CCCCC2)NN1)c1ccc(-c2ccccc2)[nH]c1=O. The predicted octanol–water partition coefficient (Wildman–Crippen LogP) is 2.93. The first-order chi connectivity index (χ1) is 13.7. The normalized spacial score (nSPS) is 22.9. The third-order valence-electron chi connectivity index (χ3n) is 5.87. The lowest BCUT2D eigenvalue weighted by atomic mass is 9.84. The van der Waals surface area contributed by atoms with Gasteiger partial charge in [-0.05, 0) is 36.5 Å². The Hall–Kier alpha value is -2.44. The average Bonchev–Trinajstić information content (AvgIpc) is 3.16. The molecule has 2 fully saturated rings. The number of hydrogen-bond acceptors (Lipinski definition) is 4. The second kappa shape index (κ2) is 8.71. The minimum absolute atomic E-state index is 0.136. The zero-order valence-electron chi connectivity index (χ0n) is 16.0. The topological polar surface area (TPSA) is 86.0 Å². The van der Waals surface area contributed by atoms with Crippen molar-refractivity contribution in [2.45, 2.75) is 57.2 Å². The summed E-state index contributed by atoms with van der Waals surface area (Å²) in [6.45, 7) is 0. The molecule has 1 amide bonds. The van der Waals surface area contributed by atoms with Crippen LogP contribution in [0.2, 0.25) is 0 Å². The molecule has 4 rings (SSSR count). The van der Waals surface area contributed by atoms with Crippen LogP contribution in [0.3, 0.4) is 0 Å². The van der Waals surface area contributed by atoms with E-state index in [1.54, 1.807) is 12.1 Å². The first-order valence-electron chi connectivity index (χ1n) is 10.3. The number of aromatic amines is 1. The van der Waals surface area contributed by atoms with Crippen LogP contribution in [0, 0.1) is 5.92 Å².